The van der Waals surface area contributed by atoms with Gasteiger partial charge >= 0.3 is 0 Å². The van der Waals surface area contributed by atoms with Gasteiger partial charge in [0.05, 0.1) is 9.35 Å². The maximum atomic E-state index is 5.98. The fraction of sp³-hybridized carbons (Fsp3) is 0. The van der Waals surface area contributed by atoms with Gasteiger partial charge in [0.2, 0.25) is 5.16 Å². The van der Waals surface area contributed by atoms with E-state index in [0.717, 1.165) is 9.35 Å². The summed E-state index contributed by atoms with van der Waals surface area (Å²) in [5, 5.41) is 11.2. The van der Waals surface area contributed by atoms with E-state index in [4.69, 9.17) is 5.84 Å². The standard InChI is InChI=1S/C10H7BrN6S2/c11-6-4-13-9(14-5-6)19-10-16-15-8(17(10)12)7-2-1-3-18-7/h1-5H,12H2. The Labute approximate surface area is 125 Å². The first-order chi connectivity index (χ1) is 9.24. The van der Waals surface area contributed by atoms with E-state index < -0.39 is 0 Å². The zero-order chi connectivity index (χ0) is 13.2. The molecule has 0 saturated carbocycles. The van der Waals surface area contributed by atoms with Gasteiger partial charge in [-0.25, -0.2) is 14.6 Å². The molecule has 0 aliphatic heterocycles. The minimum absolute atomic E-state index is 0.547. The summed E-state index contributed by atoms with van der Waals surface area (Å²) in [5.74, 6) is 6.62. The normalized spacial score (nSPS) is 10.8. The maximum Gasteiger partial charge on any atom is 0.217 e. The van der Waals surface area contributed by atoms with Gasteiger partial charge in [0.15, 0.2) is 11.0 Å². The molecule has 0 spiro atoms. The SMILES string of the molecule is Nn1c(Sc2ncc(Br)cn2)nnc1-c1cccs1. The number of aromatic nitrogens is 5. The molecular formula is C10H7BrN6S2. The number of hydrogen-bond acceptors (Lipinski definition) is 7. The van der Waals surface area contributed by atoms with Gasteiger partial charge in [0, 0.05) is 12.4 Å². The molecule has 6 nitrogen and oxygen atoms in total. The lowest BCUT2D eigenvalue weighted by Gasteiger charge is -2.01. The van der Waals surface area contributed by atoms with Crippen LogP contribution in [0.25, 0.3) is 10.7 Å². The lowest BCUT2D eigenvalue weighted by atomic mass is 10.4. The Hall–Kier alpha value is -1.45. The molecule has 3 aromatic heterocycles. The van der Waals surface area contributed by atoms with E-state index in [1.54, 1.807) is 23.7 Å². The quantitative estimate of drug-likeness (QED) is 0.574. The van der Waals surface area contributed by atoms with Crippen molar-refractivity contribution in [3.8, 4) is 10.7 Å². The Morgan fingerprint density at radius 1 is 1.26 bits per heavy atom. The first-order valence-corrected chi connectivity index (χ1v) is 7.63. The van der Waals surface area contributed by atoms with Crippen molar-refractivity contribution in [2.75, 3.05) is 5.84 Å². The molecule has 9 heteroatoms. The topological polar surface area (TPSA) is 82.5 Å². The number of nitrogens with two attached hydrogens (primary N) is 1. The Morgan fingerprint density at radius 3 is 2.74 bits per heavy atom. The van der Waals surface area contributed by atoms with Crippen LogP contribution >= 0.6 is 39.0 Å². The molecule has 0 radical (unpaired) electrons. The zero-order valence-electron chi connectivity index (χ0n) is 9.39. The molecule has 0 bridgehead atoms. The highest BCUT2D eigenvalue weighted by Crippen LogP contribution is 2.27. The van der Waals surface area contributed by atoms with Crippen molar-refractivity contribution in [2.24, 2.45) is 0 Å². The van der Waals surface area contributed by atoms with E-state index in [0.29, 0.717) is 16.1 Å². The van der Waals surface area contributed by atoms with Gasteiger partial charge in [-0.3, -0.25) is 0 Å². The number of hydrogen-bond donors (Lipinski definition) is 1. The predicted octanol–water partition coefficient (Wildman–Crippen LogP) is 2.42. The number of halogens is 1. The fourth-order valence-corrected chi connectivity index (χ4v) is 2.91. The van der Waals surface area contributed by atoms with Crippen LogP contribution in [0.3, 0.4) is 0 Å². The Balaban J connectivity index is 1.88. The minimum Gasteiger partial charge on any atom is -0.335 e. The summed E-state index contributed by atoms with van der Waals surface area (Å²) in [4.78, 5) is 9.29. The number of thiophene rings is 1. The first-order valence-electron chi connectivity index (χ1n) is 5.14. The summed E-state index contributed by atoms with van der Waals surface area (Å²) in [6.45, 7) is 0. The highest BCUT2D eigenvalue weighted by Gasteiger charge is 2.14. The second-order valence-electron chi connectivity index (χ2n) is 3.44. The van der Waals surface area contributed by atoms with Gasteiger partial charge in [0.1, 0.15) is 0 Å². The first kappa shape index (κ1) is 12.6. The van der Waals surface area contributed by atoms with Gasteiger partial charge in [-0.05, 0) is 39.1 Å². The lowest BCUT2D eigenvalue weighted by molar-refractivity contribution is 0.840. The third-order valence-electron chi connectivity index (χ3n) is 2.19. The van der Waals surface area contributed by atoms with Crippen LogP contribution in [0.2, 0.25) is 0 Å². The minimum atomic E-state index is 0.547. The molecule has 3 aromatic rings. The second-order valence-corrected chi connectivity index (χ2v) is 6.24. The number of rotatable bonds is 3. The molecule has 0 aromatic carbocycles. The summed E-state index contributed by atoms with van der Waals surface area (Å²) in [7, 11) is 0. The van der Waals surface area contributed by atoms with Gasteiger partial charge in [-0.15, -0.1) is 21.5 Å². The second kappa shape index (κ2) is 5.27. The van der Waals surface area contributed by atoms with Gasteiger partial charge in [-0.1, -0.05) is 6.07 Å². The molecule has 96 valence electrons. The molecule has 0 aliphatic rings. The van der Waals surface area contributed by atoms with E-state index in [-0.39, 0.29) is 0 Å². The van der Waals surface area contributed by atoms with Crippen LogP contribution in [-0.2, 0) is 0 Å². The van der Waals surface area contributed by atoms with Crippen molar-refractivity contribution in [1.82, 2.24) is 24.8 Å². The third kappa shape index (κ3) is 2.62. The Bertz CT molecular complexity index is 679. The average molecular weight is 355 g/mol. The van der Waals surface area contributed by atoms with Gasteiger partial charge in [-0.2, -0.15) is 0 Å². The van der Waals surface area contributed by atoms with Crippen LogP contribution in [0.5, 0.6) is 0 Å². The molecule has 2 N–H and O–H groups in total. The van der Waals surface area contributed by atoms with Crippen LogP contribution in [0, 0.1) is 0 Å². The summed E-state index contributed by atoms with van der Waals surface area (Å²) in [6, 6.07) is 3.89. The highest BCUT2D eigenvalue weighted by atomic mass is 79.9. The summed E-state index contributed by atoms with van der Waals surface area (Å²) in [6.07, 6.45) is 3.35. The van der Waals surface area contributed by atoms with E-state index in [9.17, 15) is 0 Å². The largest absolute Gasteiger partial charge is 0.335 e. The predicted molar refractivity (Wildman–Crippen MR) is 77.3 cm³/mol. The molecule has 0 atom stereocenters. The lowest BCUT2D eigenvalue weighted by Crippen LogP contribution is -2.11. The van der Waals surface area contributed by atoms with Crippen molar-refractivity contribution in [2.45, 2.75) is 10.3 Å². The van der Waals surface area contributed by atoms with E-state index >= 15 is 0 Å². The van der Waals surface area contributed by atoms with Crippen LogP contribution < -0.4 is 5.84 Å². The molecule has 3 rings (SSSR count). The highest BCUT2D eigenvalue weighted by molar-refractivity contribution is 9.10. The fourth-order valence-electron chi connectivity index (χ4n) is 1.36. The van der Waals surface area contributed by atoms with Crippen LogP contribution in [0.15, 0.2) is 44.7 Å². The molecule has 0 amide bonds. The molecule has 19 heavy (non-hydrogen) atoms. The summed E-state index contributed by atoms with van der Waals surface area (Å²) >= 11 is 6.11. The van der Waals surface area contributed by atoms with E-state index in [2.05, 4.69) is 36.1 Å². The van der Waals surface area contributed by atoms with Crippen molar-refractivity contribution >= 4 is 39.0 Å². The molecule has 0 aliphatic carbocycles. The monoisotopic (exact) mass is 354 g/mol. The zero-order valence-corrected chi connectivity index (χ0v) is 12.6. The van der Waals surface area contributed by atoms with Gasteiger partial charge < -0.3 is 5.84 Å². The average Bonchev–Trinajstić information content (AvgIpc) is 3.03. The Kier molecular flexibility index (Phi) is 3.49. The van der Waals surface area contributed by atoms with Gasteiger partial charge in [0.25, 0.3) is 0 Å². The number of nitrogens with zero attached hydrogens (tertiary/aromatic N) is 5. The summed E-state index contributed by atoms with van der Waals surface area (Å²) in [5.41, 5.74) is 0. The molecule has 0 fully saturated rings. The van der Waals surface area contributed by atoms with Crippen molar-refractivity contribution in [3.63, 3.8) is 0 Å². The molecular weight excluding hydrogens is 348 g/mol. The Morgan fingerprint density at radius 2 is 2.05 bits per heavy atom. The van der Waals surface area contributed by atoms with Crippen molar-refractivity contribution in [1.29, 1.82) is 0 Å². The number of nitrogen functional groups attached to an aromatic ring is 1. The third-order valence-corrected chi connectivity index (χ3v) is 4.31. The van der Waals surface area contributed by atoms with Crippen LogP contribution in [0.1, 0.15) is 0 Å². The summed E-state index contributed by atoms with van der Waals surface area (Å²) < 4.78 is 2.27. The molecule has 3 heterocycles. The molecule has 0 unspecified atom stereocenters. The maximum absolute atomic E-state index is 5.98. The van der Waals surface area contributed by atoms with Crippen LogP contribution in [0.4, 0.5) is 0 Å². The van der Waals surface area contributed by atoms with Crippen molar-refractivity contribution in [3.05, 3.63) is 34.4 Å². The van der Waals surface area contributed by atoms with E-state index in [1.165, 1.54) is 16.4 Å². The van der Waals surface area contributed by atoms with Crippen LogP contribution in [-0.4, -0.2) is 24.8 Å². The van der Waals surface area contributed by atoms with Crippen molar-refractivity contribution < 1.29 is 0 Å². The smallest absolute Gasteiger partial charge is 0.217 e. The van der Waals surface area contributed by atoms with E-state index in [1.807, 2.05) is 17.5 Å². The molecule has 0 saturated heterocycles.